The van der Waals surface area contributed by atoms with Crippen LogP contribution in [0.5, 0.6) is 5.88 Å². The zero-order valence-corrected chi connectivity index (χ0v) is 15.1. The molecule has 3 rings (SSSR count). The fraction of sp³-hybridized carbons (Fsp3) is 0.400. The minimum atomic E-state index is -0.374. The molecular weight excluding hydrogens is 314 g/mol. The van der Waals surface area contributed by atoms with Gasteiger partial charge in [-0.3, -0.25) is 4.79 Å². The molecule has 5 nitrogen and oxygen atoms in total. The van der Waals surface area contributed by atoms with Gasteiger partial charge in [-0.05, 0) is 37.5 Å². The molecule has 5 heteroatoms. The van der Waals surface area contributed by atoms with Crippen LogP contribution in [0.1, 0.15) is 22.4 Å². The number of nitrogens with one attached hydrogen (secondary N) is 2. The van der Waals surface area contributed by atoms with Gasteiger partial charge < -0.3 is 15.4 Å². The highest BCUT2D eigenvalue weighted by atomic mass is 16.5. The lowest BCUT2D eigenvalue weighted by Crippen LogP contribution is -2.62. The maximum absolute atomic E-state index is 12.9. The van der Waals surface area contributed by atoms with Crippen molar-refractivity contribution in [1.82, 2.24) is 15.6 Å². The van der Waals surface area contributed by atoms with Gasteiger partial charge in [-0.2, -0.15) is 0 Å². The number of nitrogens with zero attached hydrogens (tertiary/aromatic N) is 1. The topological polar surface area (TPSA) is 63.2 Å². The molecule has 0 atom stereocenters. The van der Waals surface area contributed by atoms with E-state index in [2.05, 4.69) is 27.8 Å². The third-order valence-corrected chi connectivity index (χ3v) is 4.85. The average molecular weight is 339 g/mol. The van der Waals surface area contributed by atoms with Crippen LogP contribution in [0, 0.1) is 19.3 Å². The quantitative estimate of drug-likeness (QED) is 0.846. The van der Waals surface area contributed by atoms with Crippen molar-refractivity contribution in [2.45, 2.75) is 26.8 Å². The Hall–Kier alpha value is -2.40. The molecule has 132 valence electrons. The molecule has 1 aromatic carbocycles. The van der Waals surface area contributed by atoms with Crippen LogP contribution >= 0.6 is 0 Å². The third-order valence-electron chi connectivity index (χ3n) is 4.85. The summed E-state index contributed by atoms with van der Waals surface area (Å²) in [6.45, 7) is 5.79. The van der Waals surface area contributed by atoms with Gasteiger partial charge in [-0.25, -0.2) is 4.98 Å². The van der Waals surface area contributed by atoms with Crippen molar-refractivity contribution in [3.05, 3.63) is 58.8 Å². The molecule has 0 saturated carbocycles. The van der Waals surface area contributed by atoms with E-state index in [1.54, 1.807) is 7.11 Å². The number of hydrogen-bond donors (Lipinski definition) is 2. The number of aryl methyl sites for hydroxylation is 2. The lowest BCUT2D eigenvalue weighted by atomic mass is 9.75. The summed E-state index contributed by atoms with van der Waals surface area (Å²) in [5.74, 6) is 0.666. The first-order valence-corrected chi connectivity index (χ1v) is 8.58. The van der Waals surface area contributed by atoms with Crippen LogP contribution < -0.4 is 15.4 Å². The van der Waals surface area contributed by atoms with Crippen LogP contribution in [-0.4, -0.2) is 31.1 Å². The Kier molecular flexibility index (Phi) is 5.04. The van der Waals surface area contributed by atoms with Crippen LogP contribution in [0.4, 0.5) is 0 Å². The zero-order valence-electron chi connectivity index (χ0n) is 15.1. The smallest absolute Gasteiger partial charge is 0.229 e. The van der Waals surface area contributed by atoms with E-state index in [0.29, 0.717) is 25.5 Å². The van der Waals surface area contributed by atoms with Gasteiger partial charge >= 0.3 is 0 Å². The van der Waals surface area contributed by atoms with E-state index in [4.69, 9.17) is 4.74 Å². The van der Waals surface area contributed by atoms with Crippen molar-refractivity contribution in [1.29, 1.82) is 0 Å². The average Bonchev–Trinajstić information content (AvgIpc) is 2.57. The largest absolute Gasteiger partial charge is 0.481 e. The van der Waals surface area contributed by atoms with Crippen LogP contribution in [0.15, 0.2) is 36.4 Å². The lowest BCUT2D eigenvalue weighted by molar-refractivity contribution is -0.134. The minimum absolute atomic E-state index is 0.0807. The van der Waals surface area contributed by atoms with Crippen LogP contribution in [0.25, 0.3) is 0 Å². The second-order valence-corrected chi connectivity index (χ2v) is 6.80. The predicted molar refractivity (Wildman–Crippen MR) is 97.6 cm³/mol. The monoisotopic (exact) mass is 339 g/mol. The van der Waals surface area contributed by atoms with Crippen LogP contribution in [-0.2, 0) is 17.8 Å². The SMILES string of the molecule is COc1nc(C)cc(C)c1CNC(=O)C1(Cc2ccccc2)CNC1. The number of hydrogen-bond acceptors (Lipinski definition) is 4. The molecule has 0 unspecified atom stereocenters. The number of benzene rings is 1. The first kappa shape index (κ1) is 17.4. The van der Waals surface area contributed by atoms with Gasteiger partial charge in [0.2, 0.25) is 11.8 Å². The highest BCUT2D eigenvalue weighted by molar-refractivity contribution is 5.84. The van der Waals surface area contributed by atoms with E-state index >= 15 is 0 Å². The maximum atomic E-state index is 12.9. The van der Waals surface area contributed by atoms with Crippen molar-refractivity contribution >= 4 is 5.91 Å². The molecule has 0 spiro atoms. The van der Waals surface area contributed by atoms with Gasteiger partial charge in [0.05, 0.1) is 12.5 Å². The molecule has 2 N–H and O–H groups in total. The predicted octanol–water partition coefficient (Wildman–Crippen LogP) is 2.16. The van der Waals surface area contributed by atoms with Gasteiger partial charge in [0.25, 0.3) is 0 Å². The summed E-state index contributed by atoms with van der Waals surface area (Å²) in [5.41, 5.74) is 3.73. The Morgan fingerprint density at radius 2 is 2.00 bits per heavy atom. The maximum Gasteiger partial charge on any atom is 0.229 e. The summed E-state index contributed by atoms with van der Waals surface area (Å²) in [5, 5.41) is 6.34. The Morgan fingerprint density at radius 1 is 1.28 bits per heavy atom. The molecule has 2 heterocycles. The molecule has 2 aromatic rings. The number of ether oxygens (including phenoxy) is 1. The molecule has 1 aliphatic heterocycles. The fourth-order valence-electron chi connectivity index (χ4n) is 3.35. The molecule has 1 saturated heterocycles. The van der Waals surface area contributed by atoms with Crippen molar-refractivity contribution < 1.29 is 9.53 Å². The summed E-state index contributed by atoms with van der Waals surface area (Å²) >= 11 is 0. The van der Waals surface area contributed by atoms with Gasteiger partial charge in [-0.15, -0.1) is 0 Å². The number of aromatic nitrogens is 1. The Bertz CT molecular complexity index is 755. The second-order valence-electron chi connectivity index (χ2n) is 6.80. The molecule has 1 aliphatic rings. The van der Waals surface area contributed by atoms with Crippen molar-refractivity contribution in [3.63, 3.8) is 0 Å². The molecule has 1 aromatic heterocycles. The molecule has 1 fully saturated rings. The number of rotatable bonds is 6. The standard InChI is InChI=1S/C20H25N3O2/c1-14-9-15(2)23-18(25-3)17(14)11-22-19(24)20(12-21-13-20)10-16-7-5-4-6-8-16/h4-9,21H,10-13H2,1-3H3,(H,22,24). The molecule has 25 heavy (non-hydrogen) atoms. The molecule has 0 bridgehead atoms. The number of amides is 1. The van der Waals surface area contributed by atoms with Crippen molar-refractivity contribution in [3.8, 4) is 5.88 Å². The lowest BCUT2D eigenvalue weighted by Gasteiger charge is -2.41. The van der Waals surface area contributed by atoms with Crippen LogP contribution in [0.2, 0.25) is 0 Å². The molecule has 0 radical (unpaired) electrons. The van der Waals surface area contributed by atoms with E-state index in [1.807, 2.05) is 38.1 Å². The van der Waals surface area contributed by atoms with Crippen molar-refractivity contribution in [2.75, 3.05) is 20.2 Å². The van der Waals surface area contributed by atoms with Gasteiger partial charge in [0.1, 0.15) is 0 Å². The van der Waals surface area contributed by atoms with Crippen LogP contribution in [0.3, 0.4) is 0 Å². The first-order chi connectivity index (χ1) is 12.0. The highest BCUT2D eigenvalue weighted by Gasteiger charge is 2.44. The number of methoxy groups -OCH3 is 1. The van der Waals surface area contributed by atoms with E-state index in [-0.39, 0.29) is 11.3 Å². The van der Waals surface area contributed by atoms with Crippen molar-refractivity contribution in [2.24, 2.45) is 5.41 Å². The van der Waals surface area contributed by atoms with E-state index in [1.165, 1.54) is 5.56 Å². The highest BCUT2D eigenvalue weighted by Crippen LogP contribution is 2.29. The second kappa shape index (κ2) is 7.23. The number of carbonyl (C=O) groups is 1. The zero-order chi connectivity index (χ0) is 17.9. The molecule has 0 aliphatic carbocycles. The number of carbonyl (C=O) groups excluding carboxylic acids is 1. The van der Waals surface area contributed by atoms with Gasteiger partial charge in [-0.1, -0.05) is 30.3 Å². The summed E-state index contributed by atoms with van der Waals surface area (Å²) in [7, 11) is 1.61. The van der Waals surface area contributed by atoms with E-state index < -0.39 is 0 Å². The van der Waals surface area contributed by atoms with E-state index in [9.17, 15) is 4.79 Å². The summed E-state index contributed by atoms with van der Waals surface area (Å²) < 4.78 is 5.39. The molecule has 1 amide bonds. The van der Waals surface area contributed by atoms with Gasteiger partial charge in [0, 0.05) is 30.9 Å². The molecular formula is C20H25N3O2. The summed E-state index contributed by atoms with van der Waals surface area (Å²) in [6, 6.07) is 12.2. The fourth-order valence-corrected chi connectivity index (χ4v) is 3.35. The Balaban J connectivity index is 1.72. The van der Waals surface area contributed by atoms with E-state index in [0.717, 1.165) is 23.2 Å². The summed E-state index contributed by atoms with van der Waals surface area (Å²) in [4.78, 5) is 17.3. The Morgan fingerprint density at radius 3 is 2.60 bits per heavy atom. The summed E-state index contributed by atoms with van der Waals surface area (Å²) in [6.07, 6.45) is 0.745. The number of pyridine rings is 1. The minimum Gasteiger partial charge on any atom is -0.481 e. The first-order valence-electron chi connectivity index (χ1n) is 8.58. The van der Waals surface area contributed by atoms with Gasteiger partial charge in [0.15, 0.2) is 0 Å². The normalized spacial score (nSPS) is 15.3. The Labute approximate surface area is 148 Å². The third kappa shape index (κ3) is 3.66.